The number of carbonyl (C=O) groups excluding carboxylic acids is 1. The third kappa shape index (κ3) is 1.42. The fourth-order valence-corrected chi connectivity index (χ4v) is 2.60. The van der Waals surface area contributed by atoms with Gasteiger partial charge in [-0.3, -0.25) is 0 Å². The standard InChI is InChI=1S/C8H10Cl3NO2/c1-7-3-2-4-12(7)5(8(9,10)11)14-6(7)13/h5H,2-4H2,1H3/t5-,7+/m0/s1. The summed E-state index contributed by atoms with van der Waals surface area (Å²) < 4.78 is 3.52. The van der Waals surface area contributed by atoms with E-state index in [1.54, 1.807) is 0 Å². The average Bonchev–Trinajstić information content (AvgIpc) is 2.49. The van der Waals surface area contributed by atoms with Gasteiger partial charge in [-0.2, -0.15) is 0 Å². The summed E-state index contributed by atoms with van der Waals surface area (Å²) in [6.07, 6.45) is 0.957. The van der Waals surface area contributed by atoms with Gasteiger partial charge in [0.2, 0.25) is 10.0 Å². The number of halogens is 3. The van der Waals surface area contributed by atoms with Crippen molar-refractivity contribution in [1.82, 2.24) is 4.90 Å². The second-order valence-corrected chi connectivity index (χ2v) is 6.24. The van der Waals surface area contributed by atoms with E-state index in [-0.39, 0.29) is 5.97 Å². The molecule has 2 atom stereocenters. The lowest BCUT2D eigenvalue weighted by atomic mass is 10.0. The van der Waals surface area contributed by atoms with Crippen LogP contribution in [0.5, 0.6) is 0 Å². The van der Waals surface area contributed by atoms with Crippen LogP contribution in [0.1, 0.15) is 19.8 Å². The summed E-state index contributed by atoms with van der Waals surface area (Å²) in [4.78, 5) is 13.4. The van der Waals surface area contributed by atoms with E-state index < -0.39 is 15.6 Å². The molecule has 2 aliphatic rings. The highest BCUT2D eigenvalue weighted by atomic mass is 35.6. The maximum atomic E-state index is 11.6. The van der Waals surface area contributed by atoms with Gasteiger partial charge in [-0.05, 0) is 19.8 Å². The first kappa shape index (κ1) is 10.8. The minimum Gasteiger partial charge on any atom is -0.440 e. The van der Waals surface area contributed by atoms with Crippen LogP contribution >= 0.6 is 34.8 Å². The number of ether oxygens (including phenoxy) is 1. The Kier molecular flexibility index (Phi) is 2.43. The van der Waals surface area contributed by atoms with Crippen LogP contribution in [0.15, 0.2) is 0 Å². The lowest BCUT2D eigenvalue weighted by Gasteiger charge is -2.29. The van der Waals surface area contributed by atoms with Gasteiger partial charge in [0.15, 0.2) is 0 Å². The van der Waals surface area contributed by atoms with Gasteiger partial charge in [0.1, 0.15) is 5.54 Å². The van der Waals surface area contributed by atoms with Crippen LogP contribution in [0.4, 0.5) is 0 Å². The molecule has 0 aromatic rings. The number of alkyl halides is 3. The minimum absolute atomic E-state index is 0.286. The molecule has 2 fully saturated rings. The van der Waals surface area contributed by atoms with Crippen molar-refractivity contribution in [3.8, 4) is 0 Å². The van der Waals surface area contributed by atoms with Crippen molar-refractivity contribution in [3.63, 3.8) is 0 Å². The number of fused-ring (bicyclic) bond motifs is 1. The second-order valence-electron chi connectivity index (χ2n) is 3.87. The van der Waals surface area contributed by atoms with E-state index in [1.165, 1.54) is 0 Å². The molecular weight excluding hydrogens is 248 g/mol. The second kappa shape index (κ2) is 3.14. The molecule has 0 N–H and O–H groups in total. The van der Waals surface area contributed by atoms with E-state index in [0.717, 1.165) is 19.4 Å². The molecule has 2 aliphatic heterocycles. The third-order valence-corrected chi connectivity index (χ3v) is 3.48. The fraction of sp³-hybridized carbons (Fsp3) is 0.875. The molecule has 0 spiro atoms. The van der Waals surface area contributed by atoms with Gasteiger partial charge in [0, 0.05) is 6.54 Å². The highest BCUT2D eigenvalue weighted by molar-refractivity contribution is 6.68. The summed E-state index contributed by atoms with van der Waals surface area (Å²) in [5, 5.41) is 0. The first-order valence-electron chi connectivity index (χ1n) is 4.40. The summed E-state index contributed by atoms with van der Waals surface area (Å²) in [7, 11) is 0. The zero-order valence-electron chi connectivity index (χ0n) is 7.60. The molecule has 3 nitrogen and oxygen atoms in total. The van der Waals surface area contributed by atoms with Crippen LogP contribution in [0.2, 0.25) is 0 Å². The van der Waals surface area contributed by atoms with Gasteiger partial charge in [-0.1, -0.05) is 34.8 Å². The van der Waals surface area contributed by atoms with E-state index in [9.17, 15) is 4.79 Å². The summed E-state index contributed by atoms with van der Waals surface area (Å²) in [6, 6.07) is 0. The molecule has 0 unspecified atom stereocenters. The first-order chi connectivity index (χ1) is 6.36. The molecular formula is C8H10Cl3NO2. The highest BCUT2D eigenvalue weighted by Gasteiger charge is 2.59. The van der Waals surface area contributed by atoms with Crippen molar-refractivity contribution in [2.45, 2.75) is 35.3 Å². The number of hydrogen-bond acceptors (Lipinski definition) is 3. The molecule has 0 aliphatic carbocycles. The van der Waals surface area contributed by atoms with Crippen LogP contribution in [0.25, 0.3) is 0 Å². The molecule has 0 bridgehead atoms. The Hall–Kier alpha value is 0.300. The van der Waals surface area contributed by atoms with Crippen molar-refractivity contribution in [3.05, 3.63) is 0 Å². The first-order valence-corrected chi connectivity index (χ1v) is 5.54. The summed E-state index contributed by atoms with van der Waals surface area (Å²) in [6.45, 7) is 2.57. The SMILES string of the molecule is C[C@]12CCCN1[C@H](C(Cl)(Cl)Cl)OC2=O. The lowest BCUT2D eigenvalue weighted by Crippen LogP contribution is -2.47. The van der Waals surface area contributed by atoms with E-state index in [4.69, 9.17) is 39.5 Å². The van der Waals surface area contributed by atoms with Crippen molar-refractivity contribution in [2.24, 2.45) is 0 Å². The monoisotopic (exact) mass is 257 g/mol. The molecule has 2 heterocycles. The molecule has 0 saturated carbocycles. The van der Waals surface area contributed by atoms with Crippen LogP contribution in [-0.4, -0.2) is 33.0 Å². The Balaban J connectivity index is 2.30. The Morgan fingerprint density at radius 3 is 2.79 bits per heavy atom. The minimum atomic E-state index is -1.57. The number of rotatable bonds is 0. The van der Waals surface area contributed by atoms with Crippen molar-refractivity contribution >= 4 is 40.8 Å². The van der Waals surface area contributed by atoms with E-state index in [1.807, 2.05) is 11.8 Å². The largest absolute Gasteiger partial charge is 0.440 e. The number of nitrogens with zero attached hydrogens (tertiary/aromatic N) is 1. The van der Waals surface area contributed by atoms with Crippen molar-refractivity contribution in [1.29, 1.82) is 0 Å². The zero-order chi connectivity index (χ0) is 10.6. The van der Waals surface area contributed by atoms with Crippen LogP contribution in [0.3, 0.4) is 0 Å². The van der Waals surface area contributed by atoms with Gasteiger partial charge in [-0.25, -0.2) is 9.69 Å². The topological polar surface area (TPSA) is 29.5 Å². The average molecular weight is 259 g/mol. The number of esters is 1. The van der Waals surface area contributed by atoms with E-state index in [2.05, 4.69) is 0 Å². The molecule has 2 saturated heterocycles. The predicted molar refractivity (Wildman–Crippen MR) is 54.5 cm³/mol. The van der Waals surface area contributed by atoms with Gasteiger partial charge in [0.05, 0.1) is 0 Å². The summed E-state index contributed by atoms with van der Waals surface area (Å²) in [5.41, 5.74) is -0.589. The maximum Gasteiger partial charge on any atom is 0.328 e. The van der Waals surface area contributed by atoms with Gasteiger partial charge >= 0.3 is 5.97 Å². The van der Waals surface area contributed by atoms with Gasteiger partial charge < -0.3 is 4.74 Å². The molecule has 0 radical (unpaired) electrons. The molecule has 2 rings (SSSR count). The van der Waals surface area contributed by atoms with E-state index >= 15 is 0 Å². The van der Waals surface area contributed by atoms with Crippen molar-refractivity contribution < 1.29 is 9.53 Å². The van der Waals surface area contributed by atoms with E-state index in [0.29, 0.717) is 0 Å². The normalized spacial score (nSPS) is 38.6. The van der Waals surface area contributed by atoms with Gasteiger partial charge in [0.25, 0.3) is 0 Å². The lowest BCUT2D eigenvalue weighted by molar-refractivity contribution is -0.145. The molecule has 6 heteroatoms. The fourth-order valence-electron chi connectivity index (χ4n) is 2.11. The third-order valence-electron chi connectivity index (χ3n) is 2.92. The number of hydrogen-bond donors (Lipinski definition) is 0. The number of carbonyl (C=O) groups is 1. The maximum absolute atomic E-state index is 11.6. The summed E-state index contributed by atoms with van der Waals surface area (Å²) in [5.74, 6) is -0.286. The van der Waals surface area contributed by atoms with Crippen LogP contribution in [-0.2, 0) is 9.53 Å². The zero-order valence-corrected chi connectivity index (χ0v) is 9.86. The smallest absolute Gasteiger partial charge is 0.328 e. The Morgan fingerprint density at radius 1 is 1.57 bits per heavy atom. The Labute approximate surface area is 97.2 Å². The molecule has 0 amide bonds. The van der Waals surface area contributed by atoms with Crippen LogP contribution < -0.4 is 0 Å². The van der Waals surface area contributed by atoms with Crippen molar-refractivity contribution in [2.75, 3.05) is 6.54 Å². The predicted octanol–water partition coefficient (Wildman–Crippen LogP) is 2.09. The molecule has 0 aromatic heterocycles. The summed E-state index contributed by atoms with van der Waals surface area (Å²) >= 11 is 17.2. The highest BCUT2D eigenvalue weighted by Crippen LogP contribution is 2.46. The van der Waals surface area contributed by atoms with Crippen LogP contribution in [0, 0.1) is 0 Å². The molecule has 80 valence electrons. The number of cyclic esters (lactones) is 1. The Bertz CT molecular complexity index is 278. The molecule has 14 heavy (non-hydrogen) atoms. The molecule has 0 aromatic carbocycles. The quantitative estimate of drug-likeness (QED) is 0.492. The van der Waals surface area contributed by atoms with Gasteiger partial charge in [-0.15, -0.1) is 0 Å². The Morgan fingerprint density at radius 2 is 2.21 bits per heavy atom.